The summed E-state index contributed by atoms with van der Waals surface area (Å²) in [5.74, 6) is 0.750. The van der Waals surface area contributed by atoms with E-state index in [2.05, 4.69) is 31.3 Å². The molecule has 7 nitrogen and oxygen atoms in total. The summed E-state index contributed by atoms with van der Waals surface area (Å²) in [5, 5.41) is 7.75. The topological polar surface area (TPSA) is 71.8 Å². The maximum Gasteiger partial charge on any atom is 0.410 e. The highest BCUT2D eigenvalue weighted by Gasteiger charge is 2.33. The van der Waals surface area contributed by atoms with Crippen molar-refractivity contribution in [2.75, 3.05) is 18.4 Å². The fourth-order valence-electron chi connectivity index (χ4n) is 2.18. The standard InChI is InChI=1S/C14H18BrN5O2/c1-14(2,3)22-13(21)19-7-9(8-19)17-11-4-5-12-16-6-10(15)20(12)18-11/h4-6,9H,7-8H2,1-3H3,(H,17,18). The first kappa shape index (κ1) is 15.1. The second-order valence-electron chi connectivity index (χ2n) is 6.30. The minimum Gasteiger partial charge on any atom is -0.444 e. The van der Waals surface area contributed by atoms with Gasteiger partial charge in [0.15, 0.2) is 5.65 Å². The van der Waals surface area contributed by atoms with E-state index in [1.807, 2.05) is 32.9 Å². The van der Waals surface area contributed by atoms with Crippen LogP contribution in [0.1, 0.15) is 20.8 Å². The highest BCUT2D eigenvalue weighted by molar-refractivity contribution is 9.10. The first-order chi connectivity index (χ1) is 10.3. The van der Waals surface area contributed by atoms with E-state index in [-0.39, 0.29) is 12.1 Å². The second-order valence-corrected chi connectivity index (χ2v) is 7.11. The Morgan fingerprint density at radius 3 is 2.82 bits per heavy atom. The van der Waals surface area contributed by atoms with Gasteiger partial charge >= 0.3 is 6.09 Å². The van der Waals surface area contributed by atoms with Crippen LogP contribution < -0.4 is 5.32 Å². The third-order valence-electron chi connectivity index (χ3n) is 3.21. The van der Waals surface area contributed by atoms with E-state index < -0.39 is 5.60 Å². The summed E-state index contributed by atoms with van der Waals surface area (Å²) in [5.41, 5.74) is 0.317. The number of likely N-dealkylation sites (tertiary alicyclic amines) is 1. The molecule has 0 bridgehead atoms. The summed E-state index contributed by atoms with van der Waals surface area (Å²) in [4.78, 5) is 17.7. The average molecular weight is 368 g/mol. The van der Waals surface area contributed by atoms with Gasteiger partial charge in [0.1, 0.15) is 16.0 Å². The Morgan fingerprint density at radius 1 is 1.41 bits per heavy atom. The lowest BCUT2D eigenvalue weighted by molar-refractivity contribution is 0.0104. The number of hydrogen-bond acceptors (Lipinski definition) is 5. The predicted molar refractivity (Wildman–Crippen MR) is 85.9 cm³/mol. The molecule has 1 saturated heterocycles. The van der Waals surface area contributed by atoms with Gasteiger partial charge in [-0.15, -0.1) is 5.10 Å². The number of anilines is 1. The molecule has 0 aliphatic carbocycles. The Morgan fingerprint density at radius 2 is 2.14 bits per heavy atom. The van der Waals surface area contributed by atoms with Gasteiger partial charge in [0, 0.05) is 13.1 Å². The predicted octanol–water partition coefficient (Wildman–Crippen LogP) is 2.52. The Balaban J connectivity index is 1.57. The fourth-order valence-corrected chi connectivity index (χ4v) is 2.54. The molecule has 0 radical (unpaired) electrons. The van der Waals surface area contributed by atoms with E-state index in [1.54, 1.807) is 15.6 Å². The van der Waals surface area contributed by atoms with Crippen LogP contribution in [0.2, 0.25) is 0 Å². The van der Waals surface area contributed by atoms with Crippen molar-refractivity contribution in [2.45, 2.75) is 32.4 Å². The van der Waals surface area contributed by atoms with E-state index in [0.29, 0.717) is 13.1 Å². The van der Waals surface area contributed by atoms with E-state index in [9.17, 15) is 4.79 Å². The minimum absolute atomic E-state index is 0.180. The molecule has 1 aliphatic heterocycles. The highest BCUT2D eigenvalue weighted by atomic mass is 79.9. The van der Waals surface area contributed by atoms with Gasteiger partial charge in [0.05, 0.1) is 12.2 Å². The molecule has 118 valence electrons. The van der Waals surface area contributed by atoms with Crippen molar-refractivity contribution >= 4 is 33.5 Å². The van der Waals surface area contributed by atoms with E-state index in [4.69, 9.17) is 4.74 Å². The lowest BCUT2D eigenvalue weighted by Gasteiger charge is -2.40. The molecule has 0 spiro atoms. The van der Waals surface area contributed by atoms with Crippen LogP contribution in [0.25, 0.3) is 5.65 Å². The highest BCUT2D eigenvalue weighted by Crippen LogP contribution is 2.19. The van der Waals surface area contributed by atoms with Gasteiger partial charge in [0.25, 0.3) is 0 Å². The number of nitrogens with one attached hydrogen (secondary N) is 1. The van der Waals surface area contributed by atoms with Gasteiger partial charge in [-0.05, 0) is 48.8 Å². The summed E-state index contributed by atoms with van der Waals surface area (Å²) in [7, 11) is 0. The Labute approximate surface area is 136 Å². The number of halogens is 1. The Bertz CT molecular complexity index is 703. The molecule has 0 aromatic carbocycles. The molecule has 3 heterocycles. The second kappa shape index (κ2) is 5.42. The van der Waals surface area contributed by atoms with E-state index in [1.165, 1.54) is 0 Å². The number of aromatic nitrogens is 3. The molecular formula is C14H18BrN5O2. The molecule has 3 rings (SSSR count). The molecule has 1 N–H and O–H groups in total. The van der Waals surface area contributed by atoms with Gasteiger partial charge in [-0.2, -0.15) is 0 Å². The summed E-state index contributed by atoms with van der Waals surface area (Å²) in [6.45, 7) is 6.81. The number of imidazole rings is 1. The van der Waals surface area contributed by atoms with E-state index in [0.717, 1.165) is 16.1 Å². The zero-order valence-electron chi connectivity index (χ0n) is 12.7. The molecule has 8 heteroatoms. The number of rotatable bonds is 2. The molecule has 2 aromatic heterocycles. The fraction of sp³-hybridized carbons (Fsp3) is 0.500. The molecular weight excluding hydrogens is 350 g/mol. The molecule has 22 heavy (non-hydrogen) atoms. The number of carbonyl (C=O) groups excluding carboxylic acids is 1. The molecule has 0 atom stereocenters. The minimum atomic E-state index is -0.462. The molecule has 1 aliphatic rings. The number of carbonyl (C=O) groups is 1. The summed E-state index contributed by atoms with van der Waals surface area (Å²) in [6, 6.07) is 3.95. The van der Waals surface area contributed by atoms with Crippen molar-refractivity contribution in [1.82, 2.24) is 19.5 Å². The molecule has 0 unspecified atom stereocenters. The van der Waals surface area contributed by atoms with Crippen molar-refractivity contribution in [1.29, 1.82) is 0 Å². The van der Waals surface area contributed by atoms with Crippen molar-refractivity contribution in [3.8, 4) is 0 Å². The van der Waals surface area contributed by atoms with Gasteiger partial charge in [-0.3, -0.25) is 0 Å². The third kappa shape index (κ3) is 3.16. The molecule has 2 aromatic rings. The van der Waals surface area contributed by atoms with Crippen molar-refractivity contribution < 1.29 is 9.53 Å². The van der Waals surface area contributed by atoms with Crippen molar-refractivity contribution in [3.05, 3.63) is 22.9 Å². The summed E-state index contributed by atoms with van der Waals surface area (Å²) in [6.07, 6.45) is 1.44. The summed E-state index contributed by atoms with van der Waals surface area (Å²) < 4.78 is 7.84. The number of amides is 1. The Hall–Kier alpha value is -1.83. The largest absolute Gasteiger partial charge is 0.444 e. The Kier molecular flexibility index (Phi) is 3.72. The molecule has 1 amide bonds. The lowest BCUT2D eigenvalue weighted by atomic mass is 10.1. The zero-order chi connectivity index (χ0) is 15.9. The first-order valence-electron chi connectivity index (χ1n) is 7.06. The van der Waals surface area contributed by atoms with Crippen LogP contribution in [-0.4, -0.2) is 50.3 Å². The van der Waals surface area contributed by atoms with Crippen molar-refractivity contribution in [2.24, 2.45) is 0 Å². The van der Waals surface area contributed by atoms with Crippen LogP contribution in [-0.2, 0) is 4.74 Å². The van der Waals surface area contributed by atoms with Crippen LogP contribution in [0.3, 0.4) is 0 Å². The average Bonchev–Trinajstić information content (AvgIpc) is 2.73. The van der Waals surface area contributed by atoms with Gasteiger partial charge in [-0.25, -0.2) is 14.3 Å². The maximum absolute atomic E-state index is 11.9. The third-order valence-corrected chi connectivity index (χ3v) is 3.75. The van der Waals surface area contributed by atoms with Gasteiger partial charge < -0.3 is 15.0 Å². The monoisotopic (exact) mass is 367 g/mol. The van der Waals surface area contributed by atoms with Crippen molar-refractivity contribution in [3.63, 3.8) is 0 Å². The van der Waals surface area contributed by atoms with Gasteiger partial charge in [0.2, 0.25) is 0 Å². The van der Waals surface area contributed by atoms with Crippen LogP contribution >= 0.6 is 15.9 Å². The zero-order valence-corrected chi connectivity index (χ0v) is 14.3. The number of nitrogens with zero attached hydrogens (tertiary/aromatic N) is 4. The number of fused-ring (bicyclic) bond motifs is 1. The van der Waals surface area contributed by atoms with Crippen LogP contribution in [0.5, 0.6) is 0 Å². The smallest absolute Gasteiger partial charge is 0.410 e. The van der Waals surface area contributed by atoms with E-state index >= 15 is 0 Å². The summed E-state index contributed by atoms with van der Waals surface area (Å²) >= 11 is 3.40. The van der Waals surface area contributed by atoms with Crippen LogP contribution in [0.4, 0.5) is 10.6 Å². The SMILES string of the molecule is CC(C)(C)OC(=O)N1CC(Nc2ccc3ncc(Br)n3n2)C1. The molecule has 1 fully saturated rings. The molecule has 0 saturated carbocycles. The quantitative estimate of drug-likeness (QED) is 0.882. The maximum atomic E-state index is 11.9. The number of hydrogen-bond donors (Lipinski definition) is 1. The van der Waals surface area contributed by atoms with Gasteiger partial charge in [-0.1, -0.05) is 0 Å². The van der Waals surface area contributed by atoms with Crippen LogP contribution in [0.15, 0.2) is 22.9 Å². The first-order valence-corrected chi connectivity index (χ1v) is 7.86. The lowest BCUT2D eigenvalue weighted by Crippen LogP contribution is -2.58. The normalized spacial score (nSPS) is 15.7. The number of ether oxygens (including phenoxy) is 1. The van der Waals surface area contributed by atoms with Crippen LogP contribution in [0, 0.1) is 0 Å².